The first kappa shape index (κ1) is 56.9. The van der Waals surface area contributed by atoms with Gasteiger partial charge in [-0.2, -0.15) is 0 Å². The van der Waals surface area contributed by atoms with Crippen LogP contribution >= 0.6 is 0 Å². The second-order valence-electron chi connectivity index (χ2n) is 22.5. The summed E-state index contributed by atoms with van der Waals surface area (Å²) in [5, 5.41) is 0. The highest BCUT2D eigenvalue weighted by molar-refractivity contribution is 5.70. The highest BCUT2D eigenvalue weighted by atomic mass is 16.5. The molecule has 1 aliphatic rings. The van der Waals surface area contributed by atoms with E-state index in [-0.39, 0.29) is 22.8 Å². The summed E-state index contributed by atoms with van der Waals surface area (Å²) in [4.78, 5) is 26.0. The molecule has 0 amide bonds. The number of rotatable bonds is 41. The summed E-state index contributed by atoms with van der Waals surface area (Å²) < 4.78 is 13.5. The lowest BCUT2D eigenvalue weighted by Crippen LogP contribution is -2.43. The molecular weight excluding hydrogens is 741 g/mol. The van der Waals surface area contributed by atoms with Crippen molar-refractivity contribution in [1.82, 2.24) is 0 Å². The van der Waals surface area contributed by atoms with E-state index in [2.05, 4.69) is 62.8 Å². The molecule has 60 heavy (non-hydrogen) atoms. The molecule has 0 spiro atoms. The van der Waals surface area contributed by atoms with Crippen LogP contribution < -0.4 is 0 Å². The van der Waals surface area contributed by atoms with Crippen molar-refractivity contribution in [1.29, 1.82) is 0 Å². The lowest BCUT2D eigenvalue weighted by atomic mass is 9.59. The third-order valence-electron chi connectivity index (χ3n) is 14.1. The Bertz CT molecular complexity index is 1040. The Morgan fingerprint density at radius 2 is 0.800 bits per heavy atom. The molecule has 1 fully saturated rings. The van der Waals surface area contributed by atoms with E-state index in [0.717, 1.165) is 60.8 Å². The van der Waals surface area contributed by atoms with Gasteiger partial charge in [0.1, 0.15) is 26.3 Å². The topological polar surface area (TPSA) is 52.6 Å². The molecule has 356 valence electrons. The number of hydrogen-bond acceptors (Lipinski definition) is 4. The predicted molar refractivity (Wildman–Crippen MR) is 259 cm³/mol. The molecule has 0 aromatic carbocycles. The Hall–Kier alpha value is -1.14. The number of quaternary nitrogens is 2. The molecule has 0 saturated heterocycles. The molecule has 0 aromatic heterocycles. The molecule has 2 unspecified atom stereocenters. The minimum absolute atomic E-state index is 0.0291. The molecule has 0 aromatic rings. The van der Waals surface area contributed by atoms with Crippen molar-refractivity contribution in [3.05, 3.63) is 0 Å². The molecule has 0 N–H and O–H groups in total. The maximum atomic E-state index is 13.1. The number of unbranched alkanes of at least 4 members (excludes halogenated alkanes) is 26. The van der Waals surface area contributed by atoms with Gasteiger partial charge in [0.05, 0.1) is 41.3 Å². The van der Waals surface area contributed by atoms with E-state index in [1.54, 1.807) is 0 Å². The van der Waals surface area contributed by atoms with Crippen molar-refractivity contribution in [3.8, 4) is 0 Å². The van der Waals surface area contributed by atoms with E-state index >= 15 is 0 Å². The molecule has 0 heterocycles. The monoisotopic (exact) mass is 849 g/mol. The molecule has 6 nitrogen and oxygen atoms in total. The average Bonchev–Trinajstić information content (AvgIpc) is 3.16. The van der Waals surface area contributed by atoms with Gasteiger partial charge < -0.3 is 18.4 Å². The summed E-state index contributed by atoms with van der Waals surface area (Å²) in [6.45, 7) is 16.6. The molecule has 1 aliphatic carbocycles. The Morgan fingerprint density at radius 1 is 0.467 bits per heavy atom. The van der Waals surface area contributed by atoms with Crippen LogP contribution in [0.4, 0.5) is 0 Å². The van der Waals surface area contributed by atoms with Gasteiger partial charge in [0.2, 0.25) is 0 Å². The van der Waals surface area contributed by atoms with Crippen molar-refractivity contribution in [3.63, 3.8) is 0 Å². The molecule has 0 aliphatic heterocycles. The van der Waals surface area contributed by atoms with Gasteiger partial charge >= 0.3 is 11.9 Å². The smallest absolute Gasteiger partial charge is 0.306 e. The number of carbonyl (C=O) groups excluding carboxylic acids is 2. The third-order valence-corrected chi connectivity index (χ3v) is 14.1. The van der Waals surface area contributed by atoms with E-state index in [1.165, 1.54) is 180 Å². The summed E-state index contributed by atoms with van der Waals surface area (Å²) in [6.07, 6.45) is 43.7. The number of likely N-dealkylation sites (N-methyl/N-ethyl adjacent to an activating group) is 2. The summed E-state index contributed by atoms with van der Waals surface area (Å²) in [6, 6.07) is 0. The van der Waals surface area contributed by atoms with Crippen LogP contribution in [0, 0.1) is 16.7 Å². The van der Waals surface area contributed by atoms with Crippen molar-refractivity contribution in [2.45, 2.75) is 253 Å². The lowest BCUT2D eigenvalue weighted by molar-refractivity contribution is -0.890. The first-order chi connectivity index (χ1) is 28.6. The summed E-state index contributed by atoms with van der Waals surface area (Å²) in [5.41, 5.74) is 0.171. The zero-order chi connectivity index (χ0) is 44.4. The van der Waals surface area contributed by atoms with E-state index in [1.807, 2.05) is 0 Å². The van der Waals surface area contributed by atoms with Crippen molar-refractivity contribution in [2.75, 3.05) is 67.6 Å². The number of hydrogen-bond donors (Lipinski definition) is 0. The second-order valence-corrected chi connectivity index (χ2v) is 22.5. The maximum absolute atomic E-state index is 13.1. The SMILES string of the molecule is CCCCCCCCCCCCCCCC[N+](C)(C)CCOC(=O)CCC1(C)CC(CC(=O)OCC[N+](C)(C)CCCCCCCCCCCCCCCC)CC(C)(C)C1. The lowest BCUT2D eigenvalue weighted by Gasteiger charge is -2.46. The van der Waals surface area contributed by atoms with Gasteiger partial charge in [-0.05, 0) is 68.1 Å². The van der Waals surface area contributed by atoms with Crippen LogP contribution in [0.3, 0.4) is 0 Å². The standard InChI is InChI=1S/C54H108N2O4/c1-10-12-14-16-18-20-22-24-26-28-30-32-34-36-40-55(6,7)42-44-59-51(57)38-39-54(5)48-50(47-53(3,4)49-54)46-52(58)60-45-43-56(8,9)41-37-35-33-31-29-27-25-23-21-19-17-15-13-11-2/h50H,10-49H2,1-9H3/q+2. The molecule has 0 bridgehead atoms. The van der Waals surface area contributed by atoms with Crippen LogP contribution in [0.5, 0.6) is 0 Å². The first-order valence-electron chi connectivity index (χ1n) is 26.6. The fraction of sp³-hybridized carbons (Fsp3) is 0.963. The Morgan fingerprint density at radius 3 is 1.17 bits per heavy atom. The van der Waals surface area contributed by atoms with E-state index in [0.29, 0.717) is 32.0 Å². The van der Waals surface area contributed by atoms with Crippen LogP contribution in [-0.4, -0.2) is 88.5 Å². The van der Waals surface area contributed by atoms with Gasteiger partial charge in [-0.15, -0.1) is 0 Å². The van der Waals surface area contributed by atoms with Gasteiger partial charge in [-0.25, -0.2) is 0 Å². The van der Waals surface area contributed by atoms with Gasteiger partial charge in [0, 0.05) is 12.8 Å². The normalized spacial score (nSPS) is 18.2. The van der Waals surface area contributed by atoms with Crippen LogP contribution in [0.2, 0.25) is 0 Å². The van der Waals surface area contributed by atoms with Gasteiger partial charge in [0.25, 0.3) is 0 Å². The average molecular weight is 849 g/mol. The zero-order valence-corrected chi connectivity index (χ0v) is 42.4. The zero-order valence-electron chi connectivity index (χ0n) is 42.4. The van der Waals surface area contributed by atoms with E-state index < -0.39 is 0 Å². The minimum Gasteiger partial charge on any atom is -0.460 e. The number of ether oxygens (including phenoxy) is 2. The van der Waals surface area contributed by atoms with Gasteiger partial charge in [0.15, 0.2) is 0 Å². The van der Waals surface area contributed by atoms with Gasteiger partial charge in [-0.1, -0.05) is 189 Å². The van der Waals surface area contributed by atoms with Crippen LogP contribution in [-0.2, 0) is 19.1 Å². The summed E-state index contributed by atoms with van der Waals surface area (Å²) >= 11 is 0. The molecule has 6 heteroatoms. The van der Waals surface area contributed by atoms with E-state index in [9.17, 15) is 9.59 Å². The minimum atomic E-state index is -0.0677. The third kappa shape index (κ3) is 33.4. The van der Waals surface area contributed by atoms with Crippen molar-refractivity contribution >= 4 is 11.9 Å². The summed E-state index contributed by atoms with van der Waals surface area (Å²) in [5.74, 6) is 0.181. The van der Waals surface area contributed by atoms with Crippen LogP contribution in [0.25, 0.3) is 0 Å². The van der Waals surface area contributed by atoms with Crippen molar-refractivity contribution in [2.24, 2.45) is 16.7 Å². The second kappa shape index (κ2) is 34.3. The van der Waals surface area contributed by atoms with E-state index in [4.69, 9.17) is 9.47 Å². The molecule has 0 radical (unpaired) electrons. The molecular formula is C54H108N2O4+2. The highest BCUT2D eigenvalue weighted by Crippen LogP contribution is 2.51. The fourth-order valence-corrected chi connectivity index (χ4v) is 10.5. The van der Waals surface area contributed by atoms with Crippen LogP contribution in [0.1, 0.15) is 253 Å². The Kier molecular flexibility index (Phi) is 32.5. The Labute approximate surface area is 376 Å². The predicted octanol–water partition coefficient (Wildman–Crippen LogP) is 15.2. The molecule has 2 atom stereocenters. The number of nitrogens with zero attached hydrogens (tertiary/aromatic N) is 2. The Balaban J connectivity index is 2.19. The highest BCUT2D eigenvalue weighted by Gasteiger charge is 2.42. The van der Waals surface area contributed by atoms with Crippen molar-refractivity contribution < 1.29 is 28.0 Å². The molecule has 1 rings (SSSR count). The largest absolute Gasteiger partial charge is 0.460 e. The fourth-order valence-electron chi connectivity index (χ4n) is 10.5. The summed E-state index contributed by atoms with van der Waals surface area (Å²) in [7, 11) is 9.09. The van der Waals surface area contributed by atoms with Crippen LogP contribution in [0.15, 0.2) is 0 Å². The molecule has 1 saturated carbocycles. The first-order valence-corrected chi connectivity index (χ1v) is 26.6. The maximum Gasteiger partial charge on any atom is 0.306 e. The number of esters is 2. The quantitative estimate of drug-likeness (QED) is 0.0349. The van der Waals surface area contributed by atoms with Gasteiger partial charge in [-0.3, -0.25) is 9.59 Å². The number of carbonyl (C=O) groups is 2.